The van der Waals surface area contributed by atoms with Crippen LogP contribution in [0.3, 0.4) is 0 Å². The van der Waals surface area contributed by atoms with Gasteiger partial charge in [0.2, 0.25) is 5.88 Å². The van der Waals surface area contributed by atoms with Gasteiger partial charge in [0.15, 0.2) is 10.8 Å². The molecule has 0 aliphatic carbocycles. The van der Waals surface area contributed by atoms with E-state index in [1.54, 1.807) is 4.90 Å². The van der Waals surface area contributed by atoms with Crippen LogP contribution in [0.4, 0.5) is 4.79 Å². The van der Waals surface area contributed by atoms with E-state index in [9.17, 15) is 9.59 Å². The summed E-state index contributed by atoms with van der Waals surface area (Å²) in [6, 6.07) is 0. The van der Waals surface area contributed by atoms with Crippen LogP contribution in [0, 0.1) is 0 Å². The second-order valence-corrected chi connectivity index (χ2v) is 7.15. The Labute approximate surface area is 151 Å². The Morgan fingerprint density at radius 3 is 2.60 bits per heavy atom. The Morgan fingerprint density at radius 1 is 1.36 bits per heavy atom. The summed E-state index contributed by atoms with van der Waals surface area (Å²) in [5.41, 5.74) is 5.10. The molecule has 0 spiro atoms. The van der Waals surface area contributed by atoms with Crippen molar-refractivity contribution in [3.8, 4) is 5.88 Å². The Hall–Kier alpha value is -2.09. The molecule has 0 radical (unpaired) electrons. The number of carbonyl (C=O) groups is 2. The van der Waals surface area contributed by atoms with Crippen molar-refractivity contribution in [1.82, 2.24) is 14.9 Å². The smallest absolute Gasteiger partial charge is 0.410 e. The summed E-state index contributed by atoms with van der Waals surface area (Å²) in [5.74, 6) is -0.482. The van der Waals surface area contributed by atoms with Crippen molar-refractivity contribution < 1.29 is 19.1 Å². The zero-order chi connectivity index (χ0) is 18.8. The molecule has 2 heterocycles. The van der Waals surface area contributed by atoms with Crippen LogP contribution in [0.1, 0.15) is 50.3 Å². The van der Waals surface area contributed by atoms with E-state index in [1.807, 2.05) is 27.7 Å². The zero-order valence-corrected chi connectivity index (χ0v) is 15.6. The molecular formula is C16H23ClN4O4. The molecule has 0 aromatic carbocycles. The minimum Gasteiger partial charge on any atom is -0.471 e. The number of halogens is 1. The second-order valence-electron chi connectivity index (χ2n) is 6.79. The van der Waals surface area contributed by atoms with E-state index in [0.717, 1.165) is 0 Å². The minimum absolute atomic E-state index is 0.0762. The first-order chi connectivity index (χ1) is 11.6. The third-order valence-corrected chi connectivity index (χ3v) is 3.80. The molecule has 1 atom stereocenters. The molecule has 1 saturated heterocycles. The number of hydrogen-bond acceptors (Lipinski definition) is 6. The van der Waals surface area contributed by atoms with Crippen molar-refractivity contribution in [3.05, 3.63) is 16.5 Å². The van der Waals surface area contributed by atoms with Crippen molar-refractivity contribution in [2.45, 2.75) is 52.2 Å². The second kappa shape index (κ2) is 7.43. The van der Waals surface area contributed by atoms with Crippen molar-refractivity contribution in [2.24, 2.45) is 5.73 Å². The topological polar surface area (TPSA) is 108 Å². The van der Waals surface area contributed by atoms with Gasteiger partial charge in [-0.1, -0.05) is 18.5 Å². The highest BCUT2D eigenvalue weighted by Crippen LogP contribution is 2.24. The van der Waals surface area contributed by atoms with Gasteiger partial charge in [0.1, 0.15) is 17.4 Å². The van der Waals surface area contributed by atoms with Gasteiger partial charge in [-0.3, -0.25) is 4.79 Å². The predicted molar refractivity (Wildman–Crippen MR) is 91.8 cm³/mol. The first-order valence-electron chi connectivity index (χ1n) is 8.11. The summed E-state index contributed by atoms with van der Waals surface area (Å²) in [6.45, 7) is 8.23. The Bertz CT molecular complexity index is 675. The van der Waals surface area contributed by atoms with Crippen LogP contribution in [0.5, 0.6) is 5.88 Å². The van der Waals surface area contributed by atoms with Crippen LogP contribution in [-0.4, -0.2) is 51.7 Å². The standard InChI is InChI=1S/C16H23ClN4O4/c1-5-10-14(20-12(17)11(19-10)13(18)22)24-9-6-7-21(8-9)15(23)25-16(2,3)4/h9H,5-8H2,1-4H3,(H2,18,22)/t9-/m0/s1. The molecule has 1 aromatic rings. The fourth-order valence-electron chi connectivity index (χ4n) is 2.39. The molecule has 1 aromatic heterocycles. The van der Waals surface area contributed by atoms with Crippen molar-refractivity contribution in [1.29, 1.82) is 0 Å². The van der Waals surface area contributed by atoms with Gasteiger partial charge < -0.3 is 20.1 Å². The number of ether oxygens (including phenoxy) is 2. The van der Waals surface area contributed by atoms with E-state index in [1.165, 1.54) is 0 Å². The maximum atomic E-state index is 12.1. The Balaban J connectivity index is 2.07. The fourth-order valence-corrected chi connectivity index (χ4v) is 2.60. The van der Waals surface area contributed by atoms with Crippen LogP contribution in [0.15, 0.2) is 0 Å². The van der Waals surface area contributed by atoms with E-state index < -0.39 is 11.5 Å². The average molecular weight is 371 g/mol. The normalized spacial score (nSPS) is 17.5. The lowest BCUT2D eigenvalue weighted by molar-refractivity contribution is 0.0274. The largest absolute Gasteiger partial charge is 0.471 e. The maximum Gasteiger partial charge on any atom is 0.410 e. The maximum absolute atomic E-state index is 12.1. The van der Waals surface area contributed by atoms with Crippen LogP contribution >= 0.6 is 11.6 Å². The third kappa shape index (κ3) is 4.94. The lowest BCUT2D eigenvalue weighted by atomic mass is 10.2. The van der Waals surface area contributed by atoms with Crippen LogP contribution < -0.4 is 10.5 Å². The molecule has 25 heavy (non-hydrogen) atoms. The molecule has 1 fully saturated rings. The molecule has 1 aliphatic rings. The van der Waals surface area contributed by atoms with Crippen LogP contribution in [0.2, 0.25) is 5.15 Å². The van der Waals surface area contributed by atoms with Gasteiger partial charge in [-0.25, -0.2) is 9.78 Å². The molecule has 0 bridgehead atoms. The fraction of sp³-hybridized carbons (Fsp3) is 0.625. The number of hydrogen-bond donors (Lipinski definition) is 1. The molecule has 138 valence electrons. The lowest BCUT2D eigenvalue weighted by Crippen LogP contribution is -2.36. The summed E-state index contributed by atoms with van der Waals surface area (Å²) < 4.78 is 11.2. The first kappa shape index (κ1) is 19.2. The van der Waals surface area contributed by atoms with Gasteiger partial charge in [-0.05, 0) is 27.2 Å². The number of amides is 2. The third-order valence-electron chi connectivity index (χ3n) is 3.53. The van der Waals surface area contributed by atoms with E-state index in [2.05, 4.69) is 9.97 Å². The lowest BCUT2D eigenvalue weighted by Gasteiger charge is -2.24. The van der Waals surface area contributed by atoms with Gasteiger partial charge in [-0.15, -0.1) is 0 Å². The number of carbonyl (C=O) groups excluding carboxylic acids is 2. The van der Waals surface area contributed by atoms with Crippen molar-refractivity contribution >= 4 is 23.6 Å². The quantitative estimate of drug-likeness (QED) is 0.870. The highest BCUT2D eigenvalue weighted by atomic mass is 35.5. The van der Waals surface area contributed by atoms with Gasteiger partial charge in [0.05, 0.1) is 6.54 Å². The predicted octanol–water partition coefficient (Wildman–Crippen LogP) is 2.18. The highest BCUT2D eigenvalue weighted by Gasteiger charge is 2.31. The number of aryl methyl sites for hydroxylation is 1. The first-order valence-corrected chi connectivity index (χ1v) is 8.49. The molecule has 2 rings (SSSR count). The molecule has 2 N–H and O–H groups in total. The number of primary amides is 1. The molecule has 2 amide bonds. The molecular weight excluding hydrogens is 348 g/mol. The van der Waals surface area contributed by atoms with E-state index >= 15 is 0 Å². The van der Waals surface area contributed by atoms with Gasteiger partial charge in [-0.2, -0.15) is 4.98 Å². The Morgan fingerprint density at radius 2 is 2.04 bits per heavy atom. The molecule has 8 nitrogen and oxygen atoms in total. The van der Waals surface area contributed by atoms with E-state index in [0.29, 0.717) is 31.6 Å². The number of nitrogens with zero attached hydrogens (tertiary/aromatic N) is 3. The summed E-state index contributed by atoms with van der Waals surface area (Å²) in [4.78, 5) is 33.2. The highest BCUT2D eigenvalue weighted by molar-refractivity contribution is 6.32. The van der Waals surface area contributed by atoms with Crippen molar-refractivity contribution in [3.63, 3.8) is 0 Å². The summed E-state index contributed by atoms with van der Waals surface area (Å²) in [7, 11) is 0. The summed E-state index contributed by atoms with van der Waals surface area (Å²) in [5, 5.41) is -0.0957. The van der Waals surface area contributed by atoms with Crippen molar-refractivity contribution in [2.75, 3.05) is 13.1 Å². The van der Waals surface area contributed by atoms with Gasteiger partial charge in [0, 0.05) is 13.0 Å². The zero-order valence-electron chi connectivity index (χ0n) is 14.8. The van der Waals surface area contributed by atoms with Gasteiger partial charge in [0.25, 0.3) is 5.91 Å². The molecule has 1 aliphatic heterocycles. The van der Waals surface area contributed by atoms with Crippen LogP contribution in [-0.2, 0) is 11.2 Å². The molecule has 0 saturated carbocycles. The molecule has 9 heteroatoms. The summed E-state index contributed by atoms with van der Waals surface area (Å²) in [6.07, 6.45) is 0.520. The monoisotopic (exact) mass is 370 g/mol. The number of rotatable bonds is 4. The SMILES string of the molecule is CCc1nc(C(N)=O)c(Cl)nc1O[C@H]1CCN(C(=O)OC(C)(C)C)C1. The summed E-state index contributed by atoms with van der Waals surface area (Å²) >= 11 is 5.95. The van der Waals surface area contributed by atoms with Crippen LogP contribution in [0.25, 0.3) is 0 Å². The minimum atomic E-state index is -0.740. The van der Waals surface area contributed by atoms with E-state index in [4.69, 9.17) is 26.8 Å². The Kier molecular flexibility index (Phi) is 5.72. The van der Waals surface area contributed by atoms with Gasteiger partial charge >= 0.3 is 6.09 Å². The molecule has 0 unspecified atom stereocenters. The number of aromatic nitrogens is 2. The number of likely N-dealkylation sites (tertiary alicyclic amines) is 1. The average Bonchev–Trinajstić information content (AvgIpc) is 2.94. The van der Waals surface area contributed by atoms with E-state index in [-0.39, 0.29) is 28.9 Å². The number of nitrogens with two attached hydrogens (primary N) is 1.